The number of rotatable bonds is 4. The van der Waals surface area contributed by atoms with E-state index in [1.54, 1.807) is 7.11 Å². The third-order valence-corrected chi connectivity index (χ3v) is 4.64. The molecule has 2 nitrogen and oxygen atoms in total. The van der Waals surface area contributed by atoms with Crippen molar-refractivity contribution < 1.29 is 9.84 Å². The average Bonchev–Trinajstić information content (AvgIpc) is 3.29. The number of benzene rings is 2. The molecular weight excluding hydrogens is 316 g/mol. The van der Waals surface area contributed by atoms with Crippen LogP contribution in [0.4, 0.5) is 0 Å². The number of methoxy groups -OCH3 is 1. The molecule has 1 saturated carbocycles. The van der Waals surface area contributed by atoms with Crippen molar-refractivity contribution in [2.45, 2.75) is 24.4 Å². The maximum atomic E-state index is 10.9. The summed E-state index contributed by atoms with van der Waals surface area (Å²) in [5, 5.41) is 10.9. The molecule has 3 rings (SSSR count). The van der Waals surface area contributed by atoms with Crippen molar-refractivity contribution >= 4 is 15.9 Å². The summed E-state index contributed by atoms with van der Waals surface area (Å²) in [6.45, 7) is 0. The first-order valence-corrected chi connectivity index (χ1v) is 7.54. The summed E-state index contributed by atoms with van der Waals surface area (Å²) in [5.41, 5.74) is 1.90. The summed E-state index contributed by atoms with van der Waals surface area (Å²) in [7, 11) is 1.64. The van der Waals surface area contributed by atoms with Gasteiger partial charge in [0.1, 0.15) is 5.75 Å². The normalized spacial score (nSPS) is 17.6. The number of aliphatic hydroxyl groups excluding tert-OH is 1. The van der Waals surface area contributed by atoms with Gasteiger partial charge in [0.2, 0.25) is 0 Å². The highest BCUT2D eigenvalue weighted by molar-refractivity contribution is 9.10. The predicted octanol–water partition coefficient (Wildman–Crippen LogP) is 4.22. The minimum Gasteiger partial charge on any atom is -0.496 e. The number of ether oxygens (including phenoxy) is 1. The SMILES string of the molecule is COc1ccc(Br)cc1C(O)C1(c2ccccc2)CC1. The van der Waals surface area contributed by atoms with E-state index in [4.69, 9.17) is 4.74 Å². The highest BCUT2D eigenvalue weighted by atomic mass is 79.9. The van der Waals surface area contributed by atoms with E-state index in [9.17, 15) is 5.11 Å². The molecule has 1 fully saturated rings. The lowest BCUT2D eigenvalue weighted by Gasteiger charge is -2.25. The Morgan fingerprint density at radius 2 is 1.85 bits per heavy atom. The summed E-state index contributed by atoms with van der Waals surface area (Å²) in [6, 6.07) is 16.0. The van der Waals surface area contributed by atoms with Gasteiger partial charge in [-0.05, 0) is 36.6 Å². The van der Waals surface area contributed by atoms with Crippen LogP contribution in [-0.4, -0.2) is 12.2 Å². The fraction of sp³-hybridized carbons (Fsp3) is 0.294. The lowest BCUT2D eigenvalue weighted by atomic mass is 9.86. The second-order valence-corrected chi connectivity index (χ2v) is 6.23. The van der Waals surface area contributed by atoms with Gasteiger partial charge in [-0.2, -0.15) is 0 Å². The van der Waals surface area contributed by atoms with E-state index >= 15 is 0 Å². The lowest BCUT2D eigenvalue weighted by Crippen LogP contribution is -2.19. The highest BCUT2D eigenvalue weighted by Gasteiger charge is 2.51. The van der Waals surface area contributed by atoms with Crippen molar-refractivity contribution in [3.05, 3.63) is 64.1 Å². The Morgan fingerprint density at radius 1 is 1.15 bits per heavy atom. The molecule has 0 saturated heterocycles. The summed E-state index contributed by atoms with van der Waals surface area (Å²) in [5.74, 6) is 0.739. The Morgan fingerprint density at radius 3 is 2.45 bits per heavy atom. The molecule has 20 heavy (non-hydrogen) atoms. The van der Waals surface area contributed by atoms with Crippen molar-refractivity contribution in [3.63, 3.8) is 0 Å². The Labute approximate surface area is 127 Å². The van der Waals surface area contributed by atoms with Gasteiger partial charge in [-0.1, -0.05) is 46.3 Å². The Kier molecular flexibility index (Phi) is 3.57. The molecule has 2 aromatic rings. The molecule has 1 aliphatic rings. The number of aliphatic hydroxyl groups is 1. The van der Waals surface area contributed by atoms with Crippen LogP contribution in [0.25, 0.3) is 0 Å². The zero-order valence-corrected chi connectivity index (χ0v) is 12.9. The fourth-order valence-electron chi connectivity index (χ4n) is 2.84. The lowest BCUT2D eigenvalue weighted by molar-refractivity contribution is 0.129. The molecule has 1 N–H and O–H groups in total. The van der Waals surface area contributed by atoms with Crippen LogP contribution in [-0.2, 0) is 5.41 Å². The van der Waals surface area contributed by atoms with Gasteiger partial charge in [0, 0.05) is 15.5 Å². The van der Waals surface area contributed by atoms with Crippen LogP contribution in [0.2, 0.25) is 0 Å². The van der Waals surface area contributed by atoms with E-state index in [-0.39, 0.29) is 5.41 Å². The second kappa shape index (κ2) is 5.23. The van der Waals surface area contributed by atoms with Gasteiger partial charge in [0.15, 0.2) is 0 Å². The molecule has 1 aliphatic carbocycles. The van der Waals surface area contributed by atoms with Crippen molar-refractivity contribution in [1.82, 2.24) is 0 Å². The van der Waals surface area contributed by atoms with Gasteiger partial charge in [-0.3, -0.25) is 0 Å². The molecular formula is C17H17BrO2. The molecule has 0 heterocycles. The van der Waals surface area contributed by atoms with Crippen molar-refractivity contribution in [2.24, 2.45) is 0 Å². The minimum atomic E-state index is -0.544. The molecule has 0 aliphatic heterocycles. The number of hydrogen-bond acceptors (Lipinski definition) is 2. The molecule has 0 aromatic heterocycles. The molecule has 3 heteroatoms. The van der Waals surface area contributed by atoms with E-state index in [1.807, 2.05) is 36.4 Å². The van der Waals surface area contributed by atoms with Gasteiger partial charge in [-0.25, -0.2) is 0 Å². The number of halogens is 1. The van der Waals surface area contributed by atoms with Crippen molar-refractivity contribution in [3.8, 4) is 5.75 Å². The Bertz CT molecular complexity index is 606. The first kappa shape index (κ1) is 13.7. The maximum Gasteiger partial charge on any atom is 0.124 e. The third-order valence-electron chi connectivity index (χ3n) is 4.15. The minimum absolute atomic E-state index is 0.157. The van der Waals surface area contributed by atoms with E-state index in [2.05, 4.69) is 28.1 Å². The van der Waals surface area contributed by atoms with Crippen LogP contribution < -0.4 is 4.74 Å². The standard InChI is InChI=1S/C17H17BrO2/c1-20-15-8-7-13(18)11-14(15)16(19)17(9-10-17)12-5-3-2-4-6-12/h2-8,11,16,19H,9-10H2,1H3. The molecule has 104 valence electrons. The second-order valence-electron chi connectivity index (χ2n) is 5.31. The average molecular weight is 333 g/mol. The predicted molar refractivity (Wildman–Crippen MR) is 83.0 cm³/mol. The van der Waals surface area contributed by atoms with Crippen LogP contribution in [0.15, 0.2) is 53.0 Å². The third kappa shape index (κ3) is 2.25. The molecule has 0 radical (unpaired) electrons. The molecule has 0 spiro atoms. The van der Waals surface area contributed by atoms with E-state index in [1.165, 1.54) is 5.56 Å². The summed E-state index contributed by atoms with van der Waals surface area (Å²) in [4.78, 5) is 0. The Hall–Kier alpha value is -1.32. The Balaban J connectivity index is 2.01. The topological polar surface area (TPSA) is 29.5 Å². The molecule has 1 unspecified atom stereocenters. The van der Waals surface area contributed by atoms with Crippen LogP contribution in [0.1, 0.15) is 30.1 Å². The van der Waals surface area contributed by atoms with E-state index in [0.29, 0.717) is 0 Å². The highest BCUT2D eigenvalue weighted by Crippen LogP contribution is 2.57. The monoisotopic (exact) mass is 332 g/mol. The van der Waals surface area contributed by atoms with Gasteiger partial charge in [0.25, 0.3) is 0 Å². The van der Waals surface area contributed by atoms with Crippen LogP contribution >= 0.6 is 15.9 Å². The summed E-state index contributed by atoms with van der Waals surface area (Å²) >= 11 is 3.47. The molecule has 1 atom stereocenters. The summed E-state index contributed by atoms with van der Waals surface area (Å²) in [6.07, 6.45) is 1.47. The largest absolute Gasteiger partial charge is 0.496 e. The van der Waals surface area contributed by atoms with E-state index < -0.39 is 6.10 Å². The van der Waals surface area contributed by atoms with Crippen LogP contribution in [0.3, 0.4) is 0 Å². The van der Waals surface area contributed by atoms with Crippen LogP contribution in [0.5, 0.6) is 5.75 Å². The quantitative estimate of drug-likeness (QED) is 0.908. The zero-order valence-electron chi connectivity index (χ0n) is 11.3. The fourth-order valence-corrected chi connectivity index (χ4v) is 3.22. The molecule has 0 amide bonds. The van der Waals surface area contributed by atoms with Gasteiger partial charge in [0.05, 0.1) is 13.2 Å². The first-order valence-electron chi connectivity index (χ1n) is 6.74. The van der Waals surface area contributed by atoms with Crippen molar-refractivity contribution in [1.29, 1.82) is 0 Å². The van der Waals surface area contributed by atoms with Crippen LogP contribution in [0, 0.1) is 0 Å². The first-order chi connectivity index (χ1) is 9.67. The van der Waals surface area contributed by atoms with E-state index in [0.717, 1.165) is 28.6 Å². The smallest absolute Gasteiger partial charge is 0.124 e. The molecule has 2 aromatic carbocycles. The van der Waals surface area contributed by atoms with Crippen molar-refractivity contribution in [2.75, 3.05) is 7.11 Å². The maximum absolute atomic E-state index is 10.9. The number of hydrogen-bond donors (Lipinski definition) is 1. The molecule has 0 bridgehead atoms. The summed E-state index contributed by atoms with van der Waals surface area (Å²) < 4.78 is 6.35. The zero-order chi connectivity index (χ0) is 14.2. The van der Waals surface area contributed by atoms with Gasteiger partial charge in [-0.15, -0.1) is 0 Å². The van der Waals surface area contributed by atoms with Gasteiger partial charge >= 0.3 is 0 Å². The van der Waals surface area contributed by atoms with Gasteiger partial charge < -0.3 is 9.84 Å².